The maximum Gasteiger partial charge on any atom is 0.328 e. The highest BCUT2D eigenvalue weighted by Gasteiger charge is 2.02. The molecule has 1 rings (SSSR count). The van der Waals surface area contributed by atoms with E-state index in [0.29, 0.717) is 15.6 Å². The van der Waals surface area contributed by atoms with Gasteiger partial charge in [0.05, 0.1) is 0 Å². The Morgan fingerprint density at radius 3 is 2.64 bits per heavy atom. The second-order valence-electron chi connectivity index (χ2n) is 2.82. The molecule has 0 amide bonds. The molecule has 1 N–H and O–H groups in total. The average molecular weight is 259 g/mol. The molecule has 14 heavy (non-hydrogen) atoms. The van der Waals surface area contributed by atoms with E-state index in [1.54, 1.807) is 13.0 Å². The van der Waals surface area contributed by atoms with E-state index in [9.17, 15) is 9.18 Å². The average Bonchev–Trinajstić information content (AvgIpc) is 2.00. The first-order valence-corrected chi connectivity index (χ1v) is 4.66. The summed E-state index contributed by atoms with van der Waals surface area (Å²) in [5, 5.41) is 8.50. The molecular formula is C10H8BrFO2. The lowest BCUT2D eigenvalue weighted by atomic mass is 10.1. The van der Waals surface area contributed by atoms with Crippen molar-refractivity contribution in [3.05, 3.63) is 40.1 Å². The van der Waals surface area contributed by atoms with Gasteiger partial charge in [-0.2, -0.15) is 0 Å². The van der Waals surface area contributed by atoms with Crippen molar-refractivity contribution in [1.29, 1.82) is 0 Å². The quantitative estimate of drug-likeness (QED) is 0.828. The molecule has 0 spiro atoms. The van der Waals surface area contributed by atoms with Crippen LogP contribution in [0.15, 0.2) is 28.7 Å². The van der Waals surface area contributed by atoms with Crippen LogP contribution in [0.3, 0.4) is 0 Å². The third-order valence-corrected chi connectivity index (χ3v) is 2.12. The summed E-state index contributed by atoms with van der Waals surface area (Å²) in [4.78, 5) is 10.4. The molecule has 74 valence electrons. The van der Waals surface area contributed by atoms with Gasteiger partial charge in [0.2, 0.25) is 0 Å². The predicted molar refractivity (Wildman–Crippen MR) is 55.4 cm³/mol. The van der Waals surface area contributed by atoms with Gasteiger partial charge in [-0.15, -0.1) is 0 Å². The highest BCUT2D eigenvalue weighted by atomic mass is 79.9. The maximum atomic E-state index is 12.9. The lowest BCUT2D eigenvalue weighted by Gasteiger charge is -2.01. The minimum Gasteiger partial charge on any atom is -0.478 e. The van der Waals surface area contributed by atoms with Crippen LogP contribution in [-0.4, -0.2) is 11.1 Å². The van der Waals surface area contributed by atoms with Crippen molar-refractivity contribution >= 4 is 27.5 Å². The van der Waals surface area contributed by atoms with Gasteiger partial charge in [-0.05, 0) is 36.3 Å². The molecule has 0 fully saturated rings. The number of halogens is 2. The van der Waals surface area contributed by atoms with E-state index in [2.05, 4.69) is 15.9 Å². The molecule has 0 aliphatic rings. The Morgan fingerprint density at radius 2 is 2.14 bits per heavy atom. The van der Waals surface area contributed by atoms with Gasteiger partial charge >= 0.3 is 5.97 Å². The summed E-state index contributed by atoms with van der Waals surface area (Å²) in [7, 11) is 0. The van der Waals surface area contributed by atoms with Crippen molar-refractivity contribution in [1.82, 2.24) is 0 Å². The van der Waals surface area contributed by atoms with Gasteiger partial charge in [0.25, 0.3) is 0 Å². The van der Waals surface area contributed by atoms with Crippen LogP contribution in [0, 0.1) is 5.82 Å². The Balaban J connectivity index is 3.13. The van der Waals surface area contributed by atoms with Crippen molar-refractivity contribution in [3.8, 4) is 0 Å². The molecule has 4 heteroatoms. The van der Waals surface area contributed by atoms with Crippen molar-refractivity contribution in [2.24, 2.45) is 0 Å². The van der Waals surface area contributed by atoms with Crippen LogP contribution in [0.1, 0.15) is 12.5 Å². The Bertz CT molecular complexity index is 379. The normalized spacial score (nSPS) is 11.5. The number of carboxylic acid groups (broad SMARTS) is 1. The van der Waals surface area contributed by atoms with Crippen LogP contribution >= 0.6 is 15.9 Å². The Hall–Kier alpha value is -1.16. The predicted octanol–water partition coefficient (Wildman–Crippen LogP) is 3.08. The van der Waals surface area contributed by atoms with E-state index in [0.717, 1.165) is 6.08 Å². The second kappa shape index (κ2) is 4.37. The molecule has 1 aromatic rings. The van der Waals surface area contributed by atoms with Gasteiger partial charge in [-0.1, -0.05) is 15.9 Å². The minimum absolute atomic E-state index is 0.396. The molecule has 0 saturated heterocycles. The number of hydrogen-bond acceptors (Lipinski definition) is 1. The van der Waals surface area contributed by atoms with Gasteiger partial charge in [-0.3, -0.25) is 0 Å². The zero-order valence-corrected chi connectivity index (χ0v) is 9.01. The number of carbonyl (C=O) groups is 1. The van der Waals surface area contributed by atoms with Crippen LogP contribution in [0.4, 0.5) is 4.39 Å². The van der Waals surface area contributed by atoms with Crippen LogP contribution in [0.5, 0.6) is 0 Å². The van der Waals surface area contributed by atoms with Crippen LogP contribution in [0.25, 0.3) is 5.57 Å². The highest BCUT2D eigenvalue weighted by Crippen LogP contribution is 2.20. The molecule has 1 aromatic carbocycles. The number of rotatable bonds is 2. The monoisotopic (exact) mass is 258 g/mol. The summed E-state index contributed by atoms with van der Waals surface area (Å²) in [6.45, 7) is 1.62. The van der Waals surface area contributed by atoms with Crippen LogP contribution < -0.4 is 0 Å². The van der Waals surface area contributed by atoms with E-state index < -0.39 is 11.8 Å². The fourth-order valence-electron chi connectivity index (χ4n) is 1.05. The summed E-state index contributed by atoms with van der Waals surface area (Å²) in [5.74, 6) is -1.43. The molecule has 0 heterocycles. The summed E-state index contributed by atoms with van der Waals surface area (Å²) >= 11 is 3.13. The van der Waals surface area contributed by atoms with Crippen molar-refractivity contribution in [3.63, 3.8) is 0 Å². The fourth-order valence-corrected chi connectivity index (χ4v) is 1.52. The first-order valence-electron chi connectivity index (χ1n) is 3.87. The third kappa shape index (κ3) is 2.96. The van der Waals surface area contributed by atoms with Crippen molar-refractivity contribution in [2.75, 3.05) is 0 Å². The van der Waals surface area contributed by atoms with E-state index >= 15 is 0 Å². The zero-order chi connectivity index (χ0) is 10.7. The number of aliphatic carboxylic acids is 1. The van der Waals surface area contributed by atoms with E-state index in [4.69, 9.17) is 5.11 Å². The summed E-state index contributed by atoms with van der Waals surface area (Å²) in [6, 6.07) is 4.27. The number of hydrogen-bond donors (Lipinski definition) is 1. The molecular weight excluding hydrogens is 251 g/mol. The van der Waals surface area contributed by atoms with Crippen LogP contribution in [0.2, 0.25) is 0 Å². The Labute approximate surface area is 89.2 Å². The molecule has 0 aromatic heterocycles. The van der Waals surface area contributed by atoms with Crippen molar-refractivity contribution < 1.29 is 14.3 Å². The molecule has 0 unspecified atom stereocenters. The molecule has 2 nitrogen and oxygen atoms in total. The number of carboxylic acids is 1. The highest BCUT2D eigenvalue weighted by molar-refractivity contribution is 9.10. The van der Waals surface area contributed by atoms with Gasteiger partial charge in [-0.25, -0.2) is 9.18 Å². The van der Waals surface area contributed by atoms with Crippen molar-refractivity contribution in [2.45, 2.75) is 6.92 Å². The molecule has 0 atom stereocenters. The SMILES string of the molecule is C/C(=C\C(=O)O)c1cc(F)cc(Br)c1. The molecule has 0 saturated carbocycles. The third-order valence-electron chi connectivity index (χ3n) is 1.66. The van der Waals surface area contributed by atoms with Gasteiger partial charge in [0.15, 0.2) is 0 Å². The maximum absolute atomic E-state index is 12.9. The minimum atomic E-state index is -1.04. The standard InChI is InChI=1S/C10H8BrFO2/c1-6(2-10(13)14)7-3-8(11)5-9(12)4-7/h2-5H,1H3,(H,13,14)/b6-2+. The summed E-state index contributed by atoms with van der Waals surface area (Å²) < 4.78 is 13.5. The van der Waals surface area contributed by atoms with Gasteiger partial charge in [0, 0.05) is 10.5 Å². The Kier molecular flexibility index (Phi) is 3.41. The van der Waals surface area contributed by atoms with E-state index in [1.165, 1.54) is 12.1 Å². The zero-order valence-electron chi connectivity index (χ0n) is 7.42. The summed E-state index contributed by atoms with van der Waals surface area (Å²) in [6.07, 6.45) is 1.04. The largest absolute Gasteiger partial charge is 0.478 e. The van der Waals surface area contributed by atoms with Crippen LogP contribution in [-0.2, 0) is 4.79 Å². The lowest BCUT2D eigenvalue weighted by molar-refractivity contribution is -0.131. The fraction of sp³-hybridized carbons (Fsp3) is 0.100. The first kappa shape index (κ1) is 10.9. The number of allylic oxidation sites excluding steroid dienone is 1. The smallest absolute Gasteiger partial charge is 0.328 e. The second-order valence-corrected chi connectivity index (χ2v) is 3.74. The van der Waals surface area contributed by atoms with Gasteiger partial charge < -0.3 is 5.11 Å². The molecule has 0 aliphatic heterocycles. The molecule has 0 bridgehead atoms. The van der Waals surface area contributed by atoms with E-state index in [1.807, 2.05) is 0 Å². The molecule has 0 aliphatic carbocycles. The topological polar surface area (TPSA) is 37.3 Å². The lowest BCUT2D eigenvalue weighted by Crippen LogP contribution is -1.90. The number of benzene rings is 1. The molecule has 0 radical (unpaired) electrons. The summed E-state index contributed by atoms with van der Waals surface area (Å²) in [5.41, 5.74) is 1.07. The van der Waals surface area contributed by atoms with E-state index in [-0.39, 0.29) is 0 Å². The first-order chi connectivity index (χ1) is 6.49. The van der Waals surface area contributed by atoms with Gasteiger partial charge in [0.1, 0.15) is 5.82 Å². The Morgan fingerprint density at radius 1 is 1.50 bits per heavy atom.